The van der Waals surface area contributed by atoms with Gasteiger partial charge in [-0.2, -0.15) is 5.10 Å². The summed E-state index contributed by atoms with van der Waals surface area (Å²) in [5, 5.41) is 15.1. The van der Waals surface area contributed by atoms with Gasteiger partial charge in [-0.25, -0.2) is 14.5 Å². The number of carbonyl (C=O) groups excluding carboxylic acids is 2. The van der Waals surface area contributed by atoms with E-state index in [2.05, 4.69) is 10.1 Å². The fraction of sp³-hybridized carbons (Fsp3) is 0.778. The average Bonchev–Trinajstić information content (AvgIpc) is 2.98. The number of fused-ring (bicyclic) bond motifs is 1. The quantitative estimate of drug-likeness (QED) is 0.775. The first-order valence-electron chi connectivity index (χ1n) is 9.30. The minimum atomic E-state index is -1.51. The maximum absolute atomic E-state index is 13.2. The van der Waals surface area contributed by atoms with Crippen molar-refractivity contribution < 1.29 is 19.4 Å². The van der Waals surface area contributed by atoms with E-state index in [-0.39, 0.29) is 18.5 Å². The van der Waals surface area contributed by atoms with Gasteiger partial charge < -0.3 is 19.6 Å². The lowest BCUT2D eigenvalue weighted by Gasteiger charge is -2.49. The van der Waals surface area contributed by atoms with Crippen LogP contribution in [0.3, 0.4) is 0 Å². The number of nitrogens with zero attached hydrogens (tertiary/aromatic N) is 5. The normalized spacial score (nSPS) is 25.1. The van der Waals surface area contributed by atoms with Crippen molar-refractivity contribution in [3.8, 4) is 0 Å². The van der Waals surface area contributed by atoms with Gasteiger partial charge in [0.05, 0.1) is 12.1 Å². The molecular formula is C18H29N5O4. The molecule has 150 valence electrons. The zero-order valence-electron chi connectivity index (χ0n) is 16.7. The number of amides is 2. The third-order valence-electron chi connectivity index (χ3n) is 5.07. The molecule has 2 aliphatic heterocycles. The Morgan fingerprint density at radius 1 is 1.22 bits per heavy atom. The summed E-state index contributed by atoms with van der Waals surface area (Å²) in [6, 6.07) is 0. The standard InChI is InChI=1S/C18H29N5O4/c1-16(2,3)27-15(25)21-8-9-22(17(4,5)10-21)14(24)18(26)7-6-13-19-12-20-23(13)11-18/h12,26H,6-11H2,1-5H3. The minimum absolute atomic E-state index is 0.101. The molecule has 2 amide bonds. The third-order valence-corrected chi connectivity index (χ3v) is 5.07. The van der Waals surface area contributed by atoms with E-state index < -0.39 is 16.7 Å². The van der Waals surface area contributed by atoms with Crippen molar-refractivity contribution in [2.24, 2.45) is 0 Å². The summed E-state index contributed by atoms with van der Waals surface area (Å²) in [6.07, 6.45) is 1.87. The number of aromatic nitrogens is 3. The molecule has 1 aromatic rings. The summed E-state index contributed by atoms with van der Waals surface area (Å²) in [7, 11) is 0. The molecule has 0 aromatic carbocycles. The highest BCUT2D eigenvalue weighted by Gasteiger charge is 2.48. The van der Waals surface area contributed by atoms with Gasteiger partial charge in [-0.05, 0) is 41.0 Å². The second kappa shape index (κ2) is 6.47. The van der Waals surface area contributed by atoms with E-state index in [1.165, 1.54) is 6.33 Å². The second-order valence-electron chi connectivity index (χ2n) is 9.04. The summed E-state index contributed by atoms with van der Waals surface area (Å²) >= 11 is 0. The van der Waals surface area contributed by atoms with E-state index in [0.29, 0.717) is 32.5 Å². The van der Waals surface area contributed by atoms with Crippen LogP contribution in [0.1, 0.15) is 46.9 Å². The maximum atomic E-state index is 13.2. The van der Waals surface area contributed by atoms with Crippen molar-refractivity contribution in [1.82, 2.24) is 24.6 Å². The first kappa shape index (κ1) is 19.6. The minimum Gasteiger partial charge on any atom is -0.444 e. The van der Waals surface area contributed by atoms with Gasteiger partial charge in [0.1, 0.15) is 17.8 Å². The van der Waals surface area contributed by atoms with Crippen molar-refractivity contribution in [3.05, 3.63) is 12.2 Å². The van der Waals surface area contributed by atoms with E-state index in [1.807, 2.05) is 34.6 Å². The lowest BCUT2D eigenvalue weighted by atomic mass is 9.89. The zero-order chi connectivity index (χ0) is 20.0. The Morgan fingerprint density at radius 3 is 2.56 bits per heavy atom. The fourth-order valence-corrected chi connectivity index (χ4v) is 3.70. The van der Waals surface area contributed by atoms with Gasteiger partial charge in [0.15, 0.2) is 5.60 Å². The first-order valence-corrected chi connectivity index (χ1v) is 9.30. The molecule has 3 rings (SSSR count). The average molecular weight is 379 g/mol. The van der Waals surface area contributed by atoms with E-state index in [0.717, 1.165) is 5.82 Å². The Balaban J connectivity index is 1.71. The van der Waals surface area contributed by atoms with Gasteiger partial charge in [0.2, 0.25) is 0 Å². The molecular weight excluding hydrogens is 350 g/mol. The number of aryl methyl sites for hydroxylation is 1. The van der Waals surface area contributed by atoms with Crippen LogP contribution in [-0.2, 0) is 22.5 Å². The van der Waals surface area contributed by atoms with E-state index in [4.69, 9.17) is 4.74 Å². The molecule has 27 heavy (non-hydrogen) atoms. The Morgan fingerprint density at radius 2 is 1.93 bits per heavy atom. The number of hydrogen-bond acceptors (Lipinski definition) is 6. The lowest BCUT2D eigenvalue weighted by molar-refractivity contribution is -0.164. The number of aliphatic hydroxyl groups is 1. The Hall–Kier alpha value is -2.16. The maximum Gasteiger partial charge on any atom is 0.410 e. The highest BCUT2D eigenvalue weighted by Crippen LogP contribution is 2.30. The number of ether oxygens (including phenoxy) is 1. The summed E-state index contributed by atoms with van der Waals surface area (Å²) in [5.74, 6) is 0.457. The molecule has 3 heterocycles. The smallest absolute Gasteiger partial charge is 0.410 e. The Labute approximate surface area is 159 Å². The molecule has 1 aromatic heterocycles. The summed E-state index contributed by atoms with van der Waals surface area (Å²) in [5.41, 5.74) is -2.70. The van der Waals surface area contributed by atoms with Crippen LogP contribution in [0.15, 0.2) is 6.33 Å². The van der Waals surface area contributed by atoms with Crippen molar-refractivity contribution in [3.63, 3.8) is 0 Å². The molecule has 1 unspecified atom stereocenters. The molecule has 1 atom stereocenters. The van der Waals surface area contributed by atoms with Crippen molar-refractivity contribution in [2.45, 2.75) is 70.7 Å². The number of rotatable bonds is 1. The summed E-state index contributed by atoms with van der Waals surface area (Å²) in [6.45, 7) is 10.4. The van der Waals surface area contributed by atoms with Gasteiger partial charge in [0.25, 0.3) is 5.91 Å². The molecule has 9 nitrogen and oxygen atoms in total. The van der Waals surface area contributed by atoms with Crippen LogP contribution >= 0.6 is 0 Å². The zero-order valence-corrected chi connectivity index (χ0v) is 16.7. The fourth-order valence-electron chi connectivity index (χ4n) is 3.70. The molecule has 0 spiro atoms. The molecule has 0 bridgehead atoms. The Bertz CT molecular complexity index is 738. The highest BCUT2D eigenvalue weighted by atomic mass is 16.6. The second-order valence-corrected chi connectivity index (χ2v) is 9.04. The SMILES string of the molecule is CC(C)(C)OC(=O)N1CCN(C(=O)C2(O)CCc3ncnn3C2)C(C)(C)C1. The Kier molecular flexibility index (Phi) is 4.70. The van der Waals surface area contributed by atoms with E-state index >= 15 is 0 Å². The predicted octanol–water partition coefficient (Wildman–Crippen LogP) is 0.813. The van der Waals surface area contributed by atoms with E-state index in [9.17, 15) is 14.7 Å². The van der Waals surface area contributed by atoms with Crippen LogP contribution in [-0.4, -0.2) is 78.0 Å². The molecule has 0 aliphatic carbocycles. The molecule has 1 fully saturated rings. The van der Waals surface area contributed by atoms with Crippen LogP contribution in [0, 0.1) is 0 Å². The molecule has 9 heteroatoms. The topological polar surface area (TPSA) is 101 Å². The van der Waals surface area contributed by atoms with Crippen LogP contribution in [0.2, 0.25) is 0 Å². The lowest BCUT2D eigenvalue weighted by Crippen LogP contribution is -2.67. The predicted molar refractivity (Wildman–Crippen MR) is 96.9 cm³/mol. The number of carbonyl (C=O) groups is 2. The van der Waals surface area contributed by atoms with Crippen LogP contribution in [0.5, 0.6) is 0 Å². The van der Waals surface area contributed by atoms with Crippen molar-refractivity contribution >= 4 is 12.0 Å². The van der Waals surface area contributed by atoms with Crippen LogP contribution in [0.25, 0.3) is 0 Å². The van der Waals surface area contributed by atoms with Gasteiger partial charge in [-0.15, -0.1) is 0 Å². The molecule has 1 saturated heterocycles. The largest absolute Gasteiger partial charge is 0.444 e. The molecule has 0 saturated carbocycles. The van der Waals surface area contributed by atoms with Crippen molar-refractivity contribution in [1.29, 1.82) is 0 Å². The van der Waals surface area contributed by atoms with Crippen LogP contribution in [0.4, 0.5) is 4.79 Å². The number of hydrogen-bond donors (Lipinski definition) is 1. The van der Waals surface area contributed by atoms with Gasteiger partial charge in [0, 0.05) is 26.1 Å². The summed E-state index contributed by atoms with van der Waals surface area (Å²) < 4.78 is 7.04. The molecule has 2 aliphatic rings. The van der Waals surface area contributed by atoms with Gasteiger partial charge in [-0.1, -0.05) is 0 Å². The number of piperazine rings is 1. The van der Waals surface area contributed by atoms with Gasteiger partial charge in [-0.3, -0.25) is 4.79 Å². The molecule has 0 radical (unpaired) electrons. The summed E-state index contributed by atoms with van der Waals surface area (Å²) in [4.78, 5) is 33.0. The van der Waals surface area contributed by atoms with E-state index in [1.54, 1.807) is 14.5 Å². The molecule has 1 N–H and O–H groups in total. The monoisotopic (exact) mass is 379 g/mol. The van der Waals surface area contributed by atoms with Crippen LogP contribution < -0.4 is 0 Å². The van der Waals surface area contributed by atoms with Crippen molar-refractivity contribution in [2.75, 3.05) is 19.6 Å². The third kappa shape index (κ3) is 3.92. The highest BCUT2D eigenvalue weighted by molar-refractivity contribution is 5.86. The first-order chi connectivity index (χ1) is 12.4. The van der Waals surface area contributed by atoms with Gasteiger partial charge >= 0.3 is 6.09 Å².